The summed E-state index contributed by atoms with van der Waals surface area (Å²) in [5.74, 6) is 0.0423. The number of carbonyl (C=O) groups excluding carboxylic acids is 1. The Morgan fingerprint density at radius 2 is 2.00 bits per heavy atom. The van der Waals surface area contributed by atoms with Crippen molar-refractivity contribution in [3.05, 3.63) is 63.0 Å². The SMILES string of the molecule is CCOC(=O)c1nc(-c2cccc(C)n2)n(-c2cc(Cl)ccc2C)c1Br. The Morgan fingerprint density at radius 3 is 2.69 bits per heavy atom. The van der Waals surface area contributed by atoms with E-state index in [0.717, 1.165) is 16.9 Å². The Balaban J connectivity index is 2.30. The van der Waals surface area contributed by atoms with Gasteiger partial charge in [-0.25, -0.2) is 14.8 Å². The first-order valence-corrected chi connectivity index (χ1v) is 9.25. The van der Waals surface area contributed by atoms with Crippen LogP contribution in [0.4, 0.5) is 0 Å². The van der Waals surface area contributed by atoms with Crippen LogP contribution in [0.3, 0.4) is 0 Å². The zero-order valence-electron chi connectivity index (χ0n) is 14.6. The van der Waals surface area contributed by atoms with E-state index in [2.05, 4.69) is 25.9 Å². The van der Waals surface area contributed by atoms with Crippen LogP contribution in [0.1, 0.15) is 28.7 Å². The minimum absolute atomic E-state index is 0.199. The highest BCUT2D eigenvalue weighted by Crippen LogP contribution is 2.32. The number of nitrogens with zero attached hydrogens (tertiary/aromatic N) is 3. The van der Waals surface area contributed by atoms with Crippen LogP contribution in [0.25, 0.3) is 17.2 Å². The third-order valence-corrected chi connectivity index (χ3v) is 4.78. The molecule has 0 saturated heterocycles. The maximum absolute atomic E-state index is 12.3. The van der Waals surface area contributed by atoms with Crippen molar-refractivity contribution in [3.63, 3.8) is 0 Å². The van der Waals surface area contributed by atoms with Crippen molar-refractivity contribution in [3.8, 4) is 17.2 Å². The summed E-state index contributed by atoms with van der Waals surface area (Å²) in [7, 11) is 0. The molecule has 0 unspecified atom stereocenters. The van der Waals surface area contributed by atoms with E-state index in [1.807, 2.05) is 54.8 Å². The van der Waals surface area contributed by atoms with E-state index in [4.69, 9.17) is 16.3 Å². The van der Waals surface area contributed by atoms with Crippen molar-refractivity contribution in [1.82, 2.24) is 14.5 Å². The summed E-state index contributed by atoms with van der Waals surface area (Å²) < 4.78 is 7.46. The van der Waals surface area contributed by atoms with Crippen molar-refractivity contribution in [1.29, 1.82) is 0 Å². The number of aromatic nitrogens is 3. The number of halogens is 2. The molecule has 0 aliphatic rings. The van der Waals surface area contributed by atoms with Gasteiger partial charge in [0.25, 0.3) is 0 Å². The molecule has 1 aromatic carbocycles. The first kappa shape index (κ1) is 18.6. The highest BCUT2D eigenvalue weighted by molar-refractivity contribution is 9.10. The standard InChI is InChI=1S/C19H17BrClN3O2/c1-4-26-19(25)16-17(20)24(15-10-13(21)9-8-11(15)2)18(23-16)14-7-5-6-12(3)22-14/h5-10H,4H2,1-3H3. The lowest BCUT2D eigenvalue weighted by atomic mass is 10.2. The first-order chi connectivity index (χ1) is 12.4. The molecule has 0 radical (unpaired) electrons. The zero-order valence-corrected chi connectivity index (χ0v) is 16.9. The van der Waals surface area contributed by atoms with Gasteiger partial charge in [0.15, 0.2) is 11.5 Å². The number of esters is 1. The number of ether oxygens (including phenoxy) is 1. The van der Waals surface area contributed by atoms with Crippen LogP contribution in [-0.2, 0) is 4.74 Å². The molecule has 134 valence electrons. The average Bonchev–Trinajstić information content (AvgIpc) is 2.94. The van der Waals surface area contributed by atoms with E-state index in [1.54, 1.807) is 6.92 Å². The zero-order chi connectivity index (χ0) is 18.8. The number of rotatable bonds is 4. The van der Waals surface area contributed by atoms with Crippen molar-refractivity contribution >= 4 is 33.5 Å². The van der Waals surface area contributed by atoms with Crippen LogP contribution in [-0.4, -0.2) is 27.1 Å². The fraction of sp³-hybridized carbons (Fsp3) is 0.211. The molecular weight excluding hydrogens is 418 g/mol. The van der Waals surface area contributed by atoms with E-state index < -0.39 is 5.97 Å². The molecule has 0 fully saturated rings. The number of carbonyl (C=O) groups is 1. The maximum Gasteiger partial charge on any atom is 0.359 e. The van der Waals surface area contributed by atoms with Gasteiger partial charge in [0.05, 0.1) is 12.3 Å². The molecular formula is C19H17BrClN3O2. The minimum atomic E-state index is -0.494. The first-order valence-electron chi connectivity index (χ1n) is 8.08. The second kappa shape index (κ2) is 7.60. The van der Waals surface area contributed by atoms with Crippen molar-refractivity contribution in [2.75, 3.05) is 6.61 Å². The molecule has 0 spiro atoms. The van der Waals surface area contributed by atoms with E-state index in [9.17, 15) is 4.79 Å². The minimum Gasteiger partial charge on any atom is -0.461 e. The number of hydrogen-bond acceptors (Lipinski definition) is 4. The van der Waals surface area contributed by atoms with Gasteiger partial charge in [-0.3, -0.25) is 4.57 Å². The Morgan fingerprint density at radius 1 is 1.23 bits per heavy atom. The van der Waals surface area contributed by atoms with E-state index in [-0.39, 0.29) is 12.3 Å². The molecule has 0 atom stereocenters. The van der Waals surface area contributed by atoms with Crippen LogP contribution < -0.4 is 0 Å². The number of aryl methyl sites for hydroxylation is 2. The molecule has 26 heavy (non-hydrogen) atoms. The largest absolute Gasteiger partial charge is 0.461 e. The summed E-state index contributed by atoms with van der Waals surface area (Å²) in [6.45, 7) is 5.90. The predicted octanol–water partition coefficient (Wildman–Crippen LogP) is 5.14. The lowest BCUT2D eigenvalue weighted by Gasteiger charge is -2.12. The molecule has 0 aliphatic carbocycles. The van der Waals surface area contributed by atoms with Gasteiger partial charge in [0, 0.05) is 10.7 Å². The van der Waals surface area contributed by atoms with Gasteiger partial charge in [-0.15, -0.1) is 0 Å². The van der Waals surface area contributed by atoms with Gasteiger partial charge >= 0.3 is 5.97 Å². The predicted molar refractivity (Wildman–Crippen MR) is 105 cm³/mol. The van der Waals surface area contributed by atoms with Gasteiger partial charge in [0.2, 0.25) is 0 Å². The van der Waals surface area contributed by atoms with Gasteiger partial charge in [-0.2, -0.15) is 0 Å². The molecule has 0 amide bonds. The van der Waals surface area contributed by atoms with E-state index in [0.29, 0.717) is 21.1 Å². The summed E-state index contributed by atoms with van der Waals surface area (Å²) >= 11 is 9.72. The second-order valence-electron chi connectivity index (χ2n) is 5.73. The average molecular weight is 435 g/mol. The normalized spacial score (nSPS) is 10.8. The molecule has 2 heterocycles. The molecule has 0 bridgehead atoms. The summed E-state index contributed by atoms with van der Waals surface area (Å²) in [6.07, 6.45) is 0. The number of pyridine rings is 1. The van der Waals surface area contributed by atoms with Crippen molar-refractivity contribution in [2.45, 2.75) is 20.8 Å². The molecule has 2 aromatic heterocycles. The Bertz CT molecular complexity index is 985. The third-order valence-electron chi connectivity index (χ3n) is 3.82. The summed E-state index contributed by atoms with van der Waals surface area (Å²) in [4.78, 5) is 21.4. The number of imidazole rings is 1. The third kappa shape index (κ3) is 3.52. The molecule has 0 saturated carbocycles. The second-order valence-corrected chi connectivity index (χ2v) is 6.91. The highest BCUT2D eigenvalue weighted by Gasteiger charge is 2.25. The van der Waals surface area contributed by atoms with Crippen molar-refractivity contribution in [2.24, 2.45) is 0 Å². The molecule has 7 heteroatoms. The van der Waals surface area contributed by atoms with Crippen LogP contribution in [0.2, 0.25) is 5.02 Å². The molecule has 3 aromatic rings. The maximum atomic E-state index is 12.3. The number of hydrogen-bond donors (Lipinski definition) is 0. The van der Waals surface area contributed by atoms with Gasteiger partial charge in [-0.05, 0) is 66.5 Å². The Kier molecular flexibility index (Phi) is 5.44. The smallest absolute Gasteiger partial charge is 0.359 e. The Labute approximate surface area is 165 Å². The summed E-state index contributed by atoms with van der Waals surface area (Å²) in [5.41, 5.74) is 3.50. The Hall–Kier alpha value is -2.18. The summed E-state index contributed by atoms with van der Waals surface area (Å²) in [6, 6.07) is 11.2. The highest BCUT2D eigenvalue weighted by atomic mass is 79.9. The lowest BCUT2D eigenvalue weighted by molar-refractivity contribution is 0.0519. The molecule has 3 rings (SSSR count). The van der Waals surface area contributed by atoms with Crippen LogP contribution >= 0.6 is 27.5 Å². The molecule has 5 nitrogen and oxygen atoms in total. The van der Waals surface area contributed by atoms with Crippen molar-refractivity contribution < 1.29 is 9.53 Å². The van der Waals surface area contributed by atoms with E-state index >= 15 is 0 Å². The lowest BCUT2D eigenvalue weighted by Crippen LogP contribution is -2.06. The molecule has 0 N–H and O–H groups in total. The fourth-order valence-electron chi connectivity index (χ4n) is 2.61. The van der Waals surface area contributed by atoms with E-state index in [1.165, 1.54) is 0 Å². The topological polar surface area (TPSA) is 57.0 Å². The quantitative estimate of drug-likeness (QED) is 0.533. The van der Waals surface area contributed by atoms with Crippen LogP contribution in [0, 0.1) is 13.8 Å². The van der Waals surface area contributed by atoms with Gasteiger partial charge in [0.1, 0.15) is 10.3 Å². The fourth-order valence-corrected chi connectivity index (χ4v) is 3.39. The van der Waals surface area contributed by atoms with Gasteiger partial charge < -0.3 is 4.74 Å². The monoisotopic (exact) mass is 433 g/mol. The summed E-state index contributed by atoms with van der Waals surface area (Å²) in [5, 5.41) is 0.590. The number of benzene rings is 1. The van der Waals surface area contributed by atoms with Crippen LogP contribution in [0.15, 0.2) is 41.0 Å². The van der Waals surface area contributed by atoms with Crippen LogP contribution in [0.5, 0.6) is 0 Å². The molecule has 0 aliphatic heterocycles. The van der Waals surface area contributed by atoms with Gasteiger partial charge in [-0.1, -0.05) is 23.7 Å².